The molecule has 1 N–H and O–H groups in total. The van der Waals surface area contributed by atoms with Gasteiger partial charge in [0.25, 0.3) is 5.91 Å². The van der Waals surface area contributed by atoms with Gasteiger partial charge in [-0.05, 0) is 25.0 Å². The molecule has 3 nitrogen and oxygen atoms in total. The number of aromatic nitrogens is 1. The second-order valence-corrected chi connectivity index (χ2v) is 3.62. The molecule has 1 rings (SSSR count). The number of unbranched alkanes of at least 4 members (excludes halogenated alkanes) is 2. The van der Waals surface area contributed by atoms with Crippen molar-refractivity contribution in [3.8, 4) is 0 Å². The maximum Gasteiger partial charge on any atom is 0.251 e. The van der Waals surface area contributed by atoms with Gasteiger partial charge in [-0.3, -0.25) is 9.78 Å². The molecule has 0 unspecified atom stereocenters. The summed E-state index contributed by atoms with van der Waals surface area (Å²) in [7, 11) is 0. The van der Waals surface area contributed by atoms with Crippen molar-refractivity contribution in [3.05, 3.63) is 30.1 Å². The molecule has 0 radical (unpaired) electrons. The van der Waals surface area contributed by atoms with E-state index in [0.717, 1.165) is 19.3 Å². The lowest BCUT2D eigenvalue weighted by molar-refractivity contribution is 0.0953. The number of nitrogens with one attached hydrogen (secondary N) is 1. The zero-order valence-corrected chi connectivity index (χ0v) is 9.33. The topological polar surface area (TPSA) is 42.0 Å². The summed E-state index contributed by atoms with van der Waals surface area (Å²) in [5.41, 5.74) is 0.655. The van der Waals surface area contributed by atoms with Crippen LogP contribution in [0.2, 0.25) is 0 Å². The number of carbonyl (C=O) groups excluding carboxylic acids is 1. The third kappa shape index (κ3) is 4.79. The second-order valence-electron chi connectivity index (χ2n) is 3.24. The average Bonchev–Trinajstić information content (AvgIpc) is 2.30. The van der Waals surface area contributed by atoms with Crippen LogP contribution in [0.1, 0.15) is 29.6 Å². The Balaban J connectivity index is 2.20. The normalized spacial score (nSPS) is 9.93. The number of carbonyl (C=O) groups is 1. The van der Waals surface area contributed by atoms with Crippen molar-refractivity contribution < 1.29 is 4.79 Å². The van der Waals surface area contributed by atoms with Crippen LogP contribution < -0.4 is 5.32 Å². The Hall–Kier alpha value is -1.09. The third-order valence-corrected chi connectivity index (χ3v) is 2.31. The molecular weight excluding hydrogens is 212 g/mol. The molecule has 0 aliphatic rings. The van der Waals surface area contributed by atoms with Crippen molar-refractivity contribution in [3.63, 3.8) is 0 Å². The smallest absolute Gasteiger partial charge is 0.251 e. The van der Waals surface area contributed by atoms with Crippen LogP contribution in [0.4, 0.5) is 0 Å². The van der Waals surface area contributed by atoms with Crippen molar-refractivity contribution in [2.24, 2.45) is 0 Å². The highest BCUT2D eigenvalue weighted by Gasteiger charge is 2.02. The fraction of sp³-hybridized carbons (Fsp3) is 0.455. The van der Waals surface area contributed by atoms with Crippen molar-refractivity contribution in [1.29, 1.82) is 0 Å². The Morgan fingerprint density at radius 2 is 2.00 bits per heavy atom. The molecule has 0 aromatic carbocycles. The maximum atomic E-state index is 11.5. The first kappa shape index (κ1) is 12.0. The number of alkyl halides is 1. The molecule has 0 fully saturated rings. The molecule has 0 bridgehead atoms. The summed E-state index contributed by atoms with van der Waals surface area (Å²) in [5.74, 6) is 0.654. The Morgan fingerprint density at radius 3 is 2.67 bits per heavy atom. The number of halogens is 1. The van der Waals surface area contributed by atoms with Crippen LogP contribution in [0.5, 0.6) is 0 Å². The number of amides is 1. The van der Waals surface area contributed by atoms with E-state index in [1.807, 2.05) is 0 Å². The Morgan fingerprint density at radius 1 is 1.27 bits per heavy atom. The summed E-state index contributed by atoms with van der Waals surface area (Å²) in [6.07, 6.45) is 6.27. The van der Waals surface area contributed by atoms with Crippen LogP contribution in [0.25, 0.3) is 0 Å². The standard InChI is InChI=1S/C11H15ClN2O/c12-6-2-1-3-7-14-11(15)10-4-8-13-9-5-10/h4-5,8-9H,1-3,6-7H2,(H,14,15). The molecule has 1 heterocycles. The highest BCUT2D eigenvalue weighted by molar-refractivity contribution is 6.17. The Labute approximate surface area is 94.9 Å². The number of pyridine rings is 1. The SMILES string of the molecule is O=C(NCCCCCCl)c1ccncc1. The van der Waals surface area contributed by atoms with E-state index in [4.69, 9.17) is 11.6 Å². The molecule has 15 heavy (non-hydrogen) atoms. The molecule has 82 valence electrons. The summed E-state index contributed by atoms with van der Waals surface area (Å²) in [6.45, 7) is 0.706. The minimum atomic E-state index is -0.0386. The van der Waals surface area contributed by atoms with Gasteiger partial charge in [-0.15, -0.1) is 11.6 Å². The van der Waals surface area contributed by atoms with Gasteiger partial charge in [0, 0.05) is 30.4 Å². The summed E-state index contributed by atoms with van der Waals surface area (Å²) in [4.78, 5) is 15.4. The van der Waals surface area contributed by atoms with Crippen molar-refractivity contribution in [2.75, 3.05) is 12.4 Å². The predicted molar refractivity (Wildman–Crippen MR) is 61.1 cm³/mol. The average molecular weight is 227 g/mol. The molecule has 1 amide bonds. The molecule has 0 saturated heterocycles. The zero-order valence-electron chi connectivity index (χ0n) is 8.58. The van der Waals surface area contributed by atoms with Crippen LogP contribution >= 0.6 is 11.6 Å². The predicted octanol–water partition coefficient (Wildman–Crippen LogP) is 2.22. The van der Waals surface area contributed by atoms with E-state index in [-0.39, 0.29) is 5.91 Å². The molecule has 0 atom stereocenters. The summed E-state index contributed by atoms with van der Waals surface area (Å²) < 4.78 is 0. The monoisotopic (exact) mass is 226 g/mol. The molecule has 1 aromatic rings. The Kier molecular flexibility index (Phi) is 5.78. The highest BCUT2D eigenvalue weighted by atomic mass is 35.5. The van der Waals surface area contributed by atoms with Crippen molar-refractivity contribution in [2.45, 2.75) is 19.3 Å². The fourth-order valence-corrected chi connectivity index (χ4v) is 1.39. The van der Waals surface area contributed by atoms with Gasteiger partial charge in [-0.2, -0.15) is 0 Å². The first-order chi connectivity index (χ1) is 7.34. The van der Waals surface area contributed by atoms with Crippen LogP contribution in [-0.2, 0) is 0 Å². The molecule has 0 saturated carbocycles. The van der Waals surface area contributed by atoms with Gasteiger partial charge in [-0.25, -0.2) is 0 Å². The van der Waals surface area contributed by atoms with Gasteiger partial charge in [0.1, 0.15) is 0 Å². The van der Waals surface area contributed by atoms with Gasteiger partial charge in [0.15, 0.2) is 0 Å². The van der Waals surface area contributed by atoms with Crippen molar-refractivity contribution >= 4 is 17.5 Å². The van der Waals surface area contributed by atoms with E-state index in [1.54, 1.807) is 24.5 Å². The van der Waals surface area contributed by atoms with E-state index in [2.05, 4.69) is 10.3 Å². The first-order valence-electron chi connectivity index (χ1n) is 5.09. The van der Waals surface area contributed by atoms with Gasteiger partial charge in [-0.1, -0.05) is 6.42 Å². The lowest BCUT2D eigenvalue weighted by Gasteiger charge is -2.03. The van der Waals surface area contributed by atoms with E-state index in [0.29, 0.717) is 18.0 Å². The Bertz CT molecular complexity index is 290. The van der Waals surface area contributed by atoms with Gasteiger partial charge >= 0.3 is 0 Å². The summed E-state index contributed by atoms with van der Waals surface area (Å²) in [5, 5.41) is 2.85. The zero-order chi connectivity index (χ0) is 10.9. The number of nitrogens with zero attached hydrogens (tertiary/aromatic N) is 1. The number of hydrogen-bond donors (Lipinski definition) is 1. The quantitative estimate of drug-likeness (QED) is 0.597. The molecule has 0 aliphatic carbocycles. The summed E-state index contributed by atoms with van der Waals surface area (Å²) in [6, 6.07) is 3.40. The lowest BCUT2D eigenvalue weighted by atomic mass is 10.2. The first-order valence-corrected chi connectivity index (χ1v) is 5.62. The molecule has 0 spiro atoms. The second kappa shape index (κ2) is 7.23. The number of hydrogen-bond acceptors (Lipinski definition) is 2. The van der Waals surface area contributed by atoms with Crippen LogP contribution in [-0.4, -0.2) is 23.3 Å². The van der Waals surface area contributed by atoms with Gasteiger partial charge < -0.3 is 5.32 Å². The summed E-state index contributed by atoms with van der Waals surface area (Å²) >= 11 is 5.54. The third-order valence-electron chi connectivity index (χ3n) is 2.04. The molecule has 1 aromatic heterocycles. The minimum absolute atomic E-state index is 0.0386. The molecule has 4 heteroatoms. The van der Waals surface area contributed by atoms with E-state index < -0.39 is 0 Å². The minimum Gasteiger partial charge on any atom is -0.352 e. The van der Waals surface area contributed by atoms with E-state index >= 15 is 0 Å². The molecule has 0 aliphatic heterocycles. The van der Waals surface area contributed by atoms with E-state index in [9.17, 15) is 4.79 Å². The van der Waals surface area contributed by atoms with Crippen LogP contribution in [0, 0.1) is 0 Å². The number of rotatable bonds is 6. The van der Waals surface area contributed by atoms with Gasteiger partial charge in [0.2, 0.25) is 0 Å². The van der Waals surface area contributed by atoms with E-state index in [1.165, 1.54) is 0 Å². The maximum absolute atomic E-state index is 11.5. The largest absolute Gasteiger partial charge is 0.352 e. The van der Waals surface area contributed by atoms with Gasteiger partial charge in [0.05, 0.1) is 0 Å². The van der Waals surface area contributed by atoms with Crippen LogP contribution in [0.3, 0.4) is 0 Å². The van der Waals surface area contributed by atoms with Crippen molar-refractivity contribution in [1.82, 2.24) is 10.3 Å². The molecular formula is C11H15ClN2O. The fourth-order valence-electron chi connectivity index (χ4n) is 1.20. The highest BCUT2D eigenvalue weighted by Crippen LogP contribution is 1.98. The lowest BCUT2D eigenvalue weighted by Crippen LogP contribution is -2.24. The van der Waals surface area contributed by atoms with Crippen LogP contribution in [0.15, 0.2) is 24.5 Å².